The Morgan fingerprint density at radius 3 is 2.53 bits per heavy atom. The number of aliphatic hydroxyl groups is 2. The highest BCUT2D eigenvalue weighted by atomic mass is 32.1. The van der Waals surface area contributed by atoms with Gasteiger partial charge in [-0.2, -0.15) is 5.10 Å². The number of likely N-dealkylation sites (tertiary alicyclic amines) is 1. The molecule has 6 aliphatic rings. The highest BCUT2D eigenvalue weighted by Gasteiger charge is 2.65. The number of amidine groups is 2. The average molecular weight is 794 g/mol. The molecule has 4 bridgehead atoms. The van der Waals surface area contributed by atoms with Crippen molar-refractivity contribution in [3.05, 3.63) is 82.5 Å². The van der Waals surface area contributed by atoms with E-state index in [0.29, 0.717) is 41.9 Å². The summed E-state index contributed by atoms with van der Waals surface area (Å²) in [6.45, 7) is 11.0. The first-order valence-corrected chi connectivity index (χ1v) is 20.9. The van der Waals surface area contributed by atoms with Crippen molar-refractivity contribution in [2.75, 3.05) is 19.6 Å². The van der Waals surface area contributed by atoms with Gasteiger partial charge in [-0.05, 0) is 136 Å². The van der Waals surface area contributed by atoms with E-state index >= 15 is 0 Å². The lowest BCUT2D eigenvalue weighted by molar-refractivity contribution is -0.197. The second-order valence-corrected chi connectivity index (χ2v) is 19.3. The van der Waals surface area contributed by atoms with Crippen LogP contribution in [0.25, 0.3) is 15.8 Å². The zero-order chi connectivity index (χ0) is 40.3. The molecule has 3 aromatic rings. The van der Waals surface area contributed by atoms with Crippen LogP contribution in [0.3, 0.4) is 0 Å². The molecule has 8 N–H and O–H groups in total. The lowest BCUT2D eigenvalue weighted by Crippen LogP contribution is -2.60. The SMILES string of the molecule is CC(=C1\CCCN(C2=CC=C(c3cnn(CC45CC6(C)CC(C)(CC(CCCNCC(=O)O)(C6)C4)C5)c3C)C(=C(O)O)N2)C1=N)/C(N)=N\c1nc2ccccc2s1. The van der Waals surface area contributed by atoms with Gasteiger partial charge in [0.1, 0.15) is 23.2 Å². The van der Waals surface area contributed by atoms with Crippen LogP contribution in [0.4, 0.5) is 5.13 Å². The lowest BCUT2D eigenvalue weighted by Gasteiger charge is -2.70. The third-order valence-corrected chi connectivity index (χ3v) is 14.1. The van der Waals surface area contributed by atoms with Crippen molar-refractivity contribution in [2.45, 2.75) is 98.4 Å². The standard InChI is InChI=1S/C43H55N9O4S/c1-26(36(44)50-39-48-31-10-5-6-11-32(31)57-39)28-9-7-16-51(37(28)45)33-13-12-29(35(49-33)38(55)56)30-17-47-52(27(30)2)25-43-22-40(3)19-41(4,23-43)21-42(20-40,24-43)14-8-15-46-18-34(53)54/h5-6,10-13,17,45-46,49,55-56H,7-9,14-16,18-25H2,1-4H3,(H,53,54)(H2,44,48,50)/b28-26-,45-37?. The van der Waals surface area contributed by atoms with Crippen molar-refractivity contribution in [3.63, 3.8) is 0 Å². The van der Waals surface area contributed by atoms with Crippen LogP contribution >= 0.6 is 11.3 Å². The third-order valence-electron chi connectivity index (χ3n) is 13.2. The van der Waals surface area contributed by atoms with Gasteiger partial charge in [-0.3, -0.25) is 14.9 Å². The number of aromatic nitrogens is 3. The zero-order valence-electron chi connectivity index (χ0n) is 33.4. The number of rotatable bonds is 12. The Balaban J connectivity index is 1.02. The van der Waals surface area contributed by atoms with Crippen molar-refractivity contribution in [1.82, 2.24) is 30.3 Å². The van der Waals surface area contributed by atoms with Crippen LogP contribution in [0.15, 0.2) is 76.2 Å². The van der Waals surface area contributed by atoms with Crippen LogP contribution in [0, 0.1) is 34.0 Å². The summed E-state index contributed by atoms with van der Waals surface area (Å²) < 4.78 is 3.16. The van der Waals surface area contributed by atoms with Gasteiger partial charge in [0.2, 0.25) is 5.13 Å². The molecule has 14 heteroatoms. The quantitative estimate of drug-likeness (QED) is 0.0411. The topological polar surface area (TPSA) is 198 Å². The predicted octanol–water partition coefficient (Wildman–Crippen LogP) is 7.81. The summed E-state index contributed by atoms with van der Waals surface area (Å²) in [6.07, 6.45) is 16.3. The molecule has 4 heterocycles. The highest BCUT2D eigenvalue weighted by molar-refractivity contribution is 7.22. The van der Waals surface area contributed by atoms with Crippen molar-refractivity contribution >= 4 is 49.9 Å². The Kier molecular flexibility index (Phi) is 9.87. The molecular weight excluding hydrogens is 739 g/mol. The van der Waals surface area contributed by atoms with Crippen molar-refractivity contribution in [1.29, 1.82) is 5.41 Å². The number of thiazole rings is 1. The van der Waals surface area contributed by atoms with Gasteiger partial charge in [0.15, 0.2) is 0 Å². The molecule has 4 saturated carbocycles. The number of fused-ring (bicyclic) bond motifs is 1. The molecule has 1 aromatic carbocycles. The van der Waals surface area contributed by atoms with Crippen molar-refractivity contribution in [3.8, 4) is 0 Å². The van der Waals surface area contributed by atoms with E-state index in [4.69, 9.17) is 15.9 Å². The molecule has 5 fully saturated rings. The fourth-order valence-corrected chi connectivity index (χ4v) is 13.2. The van der Waals surface area contributed by atoms with E-state index < -0.39 is 11.9 Å². The molecule has 2 atom stereocenters. The van der Waals surface area contributed by atoms with Gasteiger partial charge in [-0.1, -0.05) is 37.3 Å². The number of nitrogens with two attached hydrogens (primary N) is 1. The Bertz CT molecular complexity index is 2240. The minimum atomic E-state index is -0.830. The first-order chi connectivity index (χ1) is 27.1. The van der Waals surface area contributed by atoms with Gasteiger partial charge < -0.3 is 36.6 Å². The number of dihydropyridines is 1. The number of aliphatic imine (C=N–C) groups is 1. The molecule has 302 valence electrons. The minimum absolute atomic E-state index is 0.000415. The van der Waals surface area contributed by atoms with Crippen LogP contribution in [0.2, 0.25) is 0 Å². The highest BCUT2D eigenvalue weighted by Crippen LogP contribution is 2.75. The molecular formula is C43H55N9O4S. The number of hydrogen-bond acceptors (Lipinski definition) is 10. The number of nitrogens with zero attached hydrogens (tertiary/aromatic N) is 5. The van der Waals surface area contributed by atoms with Gasteiger partial charge in [0.25, 0.3) is 5.95 Å². The zero-order valence-corrected chi connectivity index (χ0v) is 34.2. The van der Waals surface area contributed by atoms with Crippen molar-refractivity contribution < 1.29 is 20.1 Å². The van der Waals surface area contributed by atoms with E-state index in [1.807, 2.05) is 54.4 Å². The van der Waals surface area contributed by atoms with Crippen LogP contribution in [-0.2, 0) is 11.3 Å². The summed E-state index contributed by atoms with van der Waals surface area (Å²) in [4.78, 5) is 22.1. The van der Waals surface area contributed by atoms with Gasteiger partial charge in [0, 0.05) is 35.5 Å². The number of aliphatic hydroxyl groups excluding tert-OH is 1. The molecule has 2 aromatic heterocycles. The summed E-state index contributed by atoms with van der Waals surface area (Å²) in [5, 5.41) is 51.4. The average Bonchev–Trinajstić information content (AvgIpc) is 3.71. The van der Waals surface area contributed by atoms with Gasteiger partial charge in [-0.25, -0.2) is 9.98 Å². The van der Waals surface area contributed by atoms with E-state index in [1.165, 1.54) is 43.4 Å². The maximum atomic E-state index is 11.0. The summed E-state index contributed by atoms with van der Waals surface area (Å²) in [7, 11) is 0. The molecule has 13 nitrogen and oxygen atoms in total. The Labute approximate surface area is 337 Å². The van der Waals surface area contributed by atoms with E-state index in [9.17, 15) is 20.4 Å². The predicted molar refractivity (Wildman–Crippen MR) is 224 cm³/mol. The largest absolute Gasteiger partial charge is 0.480 e. The number of benzene rings is 1. The van der Waals surface area contributed by atoms with Crippen LogP contribution < -0.4 is 16.4 Å². The molecule has 0 amide bonds. The first kappa shape index (κ1) is 38.9. The number of hydrogen-bond donors (Lipinski definition) is 7. The number of piperidine rings is 1. The Hall–Kier alpha value is -4.95. The maximum absolute atomic E-state index is 11.0. The maximum Gasteiger partial charge on any atom is 0.317 e. The van der Waals surface area contributed by atoms with Gasteiger partial charge >= 0.3 is 5.97 Å². The normalized spacial score (nSPS) is 29.4. The second-order valence-electron chi connectivity index (χ2n) is 18.3. The number of carbonyl (C=O) groups is 1. The number of allylic oxidation sites excluding steroid dienone is 3. The number of carboxylic acids is 1. The Morgan fingerprint density at radius 1 is 1.07 bits per heavy atom. The van der Waals surface area contributed by atoms with Gasteiger partial charge in [-0.15, -0.1) is 0 Å². The fourth-order valence-electron chi connectivity index (χ4n) is 12.3. The molecule has 1 saturated heterocycles. The number of para-hydroxylation sites is 1. The molecule has 9 rings (SSSR count). The van der Waals surface area contributed by atoms with Gasteiger partial charge in [0.05, 0.1) is 23.0 Å². The summed E-state index contributed by atoms with van der Waals surface area (Å²) in [6, 6.07) is 7.86. The van der Waals surface area contributed by atoms with E-state index in [2.05, 4.69) is 46.1 Å². The number of aliphatic carboxylic acids is 1. The summed E-state index contributed by atoms with van der Waals surface area (Å²) >= 11 is 1.47. The van der Waals surface area contributed by atoms with E-state index in [-0.39, 0.29) is 39.7 Å². The second kappa shape index (κ2) is 14.5. The van der Waals surface area contributed by atoms with Crippen molar-refractivity contribution in [2.24, 2.45) is 32.4 Å². The van der Waals surface area contributed by atoms with E-state index in [0.717, 1.165) is 64.8 Å². The minimum Gasteiger partial charge on any atom is -0.480 e. The Morgan fingerprint density at radius 2 is 1.81 bits per heavy atom. The van der Waals surface area contributed by atoms with E-state index in [1.54, 1.807) is 0 Å². The van der Waals surface area contributed by atoms with Crippen LogP contribution in [0.5, 0.6) is 0 Å². The molecule has 0 radical (unpaired) electrons. The fraction of sp³-hybridized carbons (Fsp3) is 0.512. The number of nitrogens with one attached hydrogen (secondary N) is 3. The molecule has 0 spiro atoms. The monoisotopic (exact) mass is 793 g/mol. The number of carboxylic acid groups (broad SMARTS) is 1. The first-order valence-electron chi connectivity index (χ1n) is 20.1. The summed E-state index contributed by atoms with van der Waals surface area (Å²) in [5.41, 5.74) is 12.3. The molecule has 2 aliphatic heterocycles. The lowest BCUT2D eigenvalue weighted by atomic mass is 9.35. The van der Waals surface area contributed by atoms with Crippen LogP contribution in [0.1, 0.15) is 96.2 Å². The summed E-state index contributed by atoms with van der Waals surface area (Å²) in [5.74, 6) is -0.482. The third kappa shape index (κ3) is 7.49. The smallest absolute Gasteiger partial charge is 0.317 e. The molecule has 57 heavy (non-hydrogen) atoms. The molecule has 4 aliphatic carbocycles. The van der Waals surface area contributed by atoms with Crippen LogP contribution in [-0.4, -0.2) is 72.3 Å². The molecule has 2 unspecified atom stereocenters.